The van der Waals surface area contributed by atoms with Gasteiger partial charge in [0.15, 0.2) is 5.17 Å². The highest BCUT2D eigenvalue weighted by Gasteiger charge is 2.27. The average Bonchev–Trinajstić information content (AvgIpc) is 3.00. The minimum atomic E-state index is -3.71. The minimum Gasteiger partial charge on any atom is -0.274 e. The fraction of sp³-hybridized carbons (Fsp3) is 0.357. The maximum Gasteiger partial charge on any atom is 0.263 e. The van der Waals surface area contributed by atoms with Gasteiger partial charge in [-0.1, -0.05) is 11.8 Å². The van der Waals surface area contributed by atoms with E-state index >= 15 is 0 Å². The lowest BCUT2D eigenvalue weighted by Gasteiger charge is -2.24. The van der Waals surface area contributed by atoms with E-state index in [1.54, 1.807) is 0 Å². The topological polar surface area (TPSA) is 95.9 Å². The van der Waals surface area contributed by atoms with Crippen LogP contribution in [0.15, 0.2) is 34.2 Å². The quantitative estimate of drug-likeness (QED) is 0.821. The van der Waals surface area contributed by atoms with E-state index in [1.165, 1.54) is 36.0 Å². The number of carbonyl (C=O) groups excluding carboxylic acids is 2. The molecule has 2 amide bonds. The van der Waals surface area contributed by atoms with Crippen molar-refractivity contribution in [2.45, 2.75) is 24.2 Å². The van der Waals surface area contributed by atoms with Crippen molar-refractivity contribution in [2.75, 3.05) is 17.2 Å². The van der Waals surface area contributed by atoms with Crippen LogP contribution >= 0.6 is 11.8 Å². The molecule has 9 heteroatoms. The predicted molar refractivity (Wildman–Crippen MR) is 87.9 cm³/mol. The first-order valence-corrected chi connectivity index (χ1v) is 9.60. The van der Waals surface area contributed by atoms with Crippen LogP contribution in [0, 0.1) is 0 Å². The second kappa shape index (κ2) is 6.32. The van der Waals surface area contributed by atoms with Gasteiger partial charge in [-0.3, -0.25) is 24.2 Å². The number of hydrogen-bond donors (Lipinski definition) is 1. The highest BCUT2D eigenvalue weighted by Crippen LogP contribution is 2.24. The summed E-state index contributed by atoms with van der Waals surface area (Å²) in [5.41, 5.74) is 0.395. The number of aliphatic imine (C=N–C) groups is 1. The van der Waals surface area contributed by atoms with Crippen molar-refractivity contribution in [1.82, 2.24) is 4.72 Å². The largest absolute Gasteiger partial charge is 0.274 e. The Morgan fingerprint density at radius 3 is 2.30 bits per heavy atom. The average molecular weight is 353 g/mol. The molecule has 2 aliphatic rings. The molecule has 0 radical (unpaired) electrons. The molecule has 1 N–H and O–H groups in total. The molecule has 0 atom stereocenters. The van der Waals surface area contributed by atoms with E-state index in [2.05, 4.69) is 9.71 Å². The van der Waals surface area contributed by atoms with Gasteiger partial charge in [0, 0.05) is 18.6 Å². The highest BCUT2D eigenvalue weighted by atomic mass is 32.2. The molecule has 1 fully saturated rings. The summed E-state index contributed by atoms with van der Waals surface area (Å²) >= 11 is 1.35. The number of anilines is 1. The number of nitrogens with one attached hydrogen (secondary N) is 1. The number of amidine groups is 1. The van der Waals surface area contributed by atoms with E-state index in [0.29, 0.717) is 36.7 Å². The van der Waals surface area contributed by atoms with Gasteiger partial charge in [-0.2, -0.15) is 0 Å². The van der Waals surface area contributed by atoms with Crippen LogP contribution in [0.4, 0.5) is 5.69 Å². The molecule has 0 aliphatic carbocycles. The van der Waals surface area contributed by atoms with E-state index in [-0.39, 0.29) is 16.7 Å². The summed E-state index contributed by atoms with van der Waals surface area (Å²) in [6, 6.07) is 5.71. The molecule has 23 heavy (non-hydrogen) atoms. The summed E-state index contributed by atoms with van der Waals surface area (Å²) in [5.74, 6) is 0.245. The van der Waals surface area contributed by atoms with Crippen LogP contribution in [0.1, 0.15) is 19.3 Å². The Morgan fingerprint density at radius 2 is 1.74 bits per heavy atom. The zero-order valence-electron chi connectivity index (χ0n) is 12.2. The number of sulfonamides is 1. The van der Waals surface area contributed by atoms with Crippen molar-refractivity contribution in [3.63, 3.8) is 0 Å². The third kappa shape index (κ3) is 3.40. The van der Waals surface area contributed by atoms with Gasteiger partial charge in [0.1, 0.15) is 0 Å². The fourth-order valence-electron chi connectivity index (χ4n) is 2.39. The van der Waals surface area contributed by atoms with E-state index in [4.69, 9.17) is 0 Å². The van der Waals surface area contributed by atoms with Gasteiger partial charge in [-0.05, 0) is 30.7 Å². The van der Waals surface area contributed by atoms with Crippen LogP contribution in [-0.2, 0) is 19.6 Å². The van der Waals surface area contributed by atoms with Crippen LogP contribution < -0.4 is 9.62 Å². The van der Waals surface area contributed by atoms with Gasteiger partial charge in [0.2, 0.25) is 11.8 Å². The third-order valence-corrected chi connectivity index (χ3v) is 5.87. The third-order valence-electron chi connectivity index (χ3n) is 3.49. The number of hydrogen-bond acceptors (Lipinski definition) is 6. The highest BCUT2D eigenvalue weighted by molar-refractivity contribution is 8.15. The number of amides is 2. The number of rotatable bonds is 3. The lowest BCUT2D eigenvalue weighted by Crippen LogP contribution is -2.40. The Balaban J connectivity index is 1.81. The van der Waals surface area contributed by atoms with Crippen LogP contribution in [0.25, 0.3) is 0 Å². The molecule has 0 spiro atoms. The molecule has 0 bridgehead atoms. The maximum atomic E-state index is 12.3. The SMILES string of the molecule is O=C1CCCC(=O)N1c1ccc(S(=O)(=O)NC2=NCCS2)cc1. The standard InChI is InChI=1S/C14H15N3O4S2/c18-12-2-1-3-13(19)17(12)10-4-6-11(7-5-10)23(20,21)16-14-15-8-9-22-14/h4-7H,1-3,8-9H2,(H,15,16). The molecule has 2 aliphatic heterocycles. The number of piperidine rings is 1. The van der Waals surface area contributed by atoms with E-state index < -0.39 is 10.0 Å². The van der Waals surface area contributed by atoms with E-state index in [1.807, 2.05) is 0 Å². The van der Waals surface area contributed by atoms with Crippen molar-refractivity contribution in [3.8, 4) is 0 Å². The zero-order valence-corrected chi connectivity index (χ0v) is 13.8. The first-order chi connectivity index (χ1) is 11.0. The maximum absolute atomic E-state index is 12.3. The number of carbonyl (C=O) groups is 2. The van der Waals surface area contributed by atoms with E-state index in [0.717, 1.165) is 10.7 Å². The monoisotopic (exact) mass is 353 g/mol. The molecule has 0 saturated carbocycles. The number of thioether (sulfide) groups is 1. The minimum absolute atomic E-state index is 0.0633. The first-order valence-electron chi connectivity index (χ1n) is 7.13. The summed E-state index contributed by atoms with van der Waals surface area (Å²) in [7, 11) is -3.71. The fourth-order valence-corrected chi connectivity index (χ4v) is 4.42. The van der Waals surface area contributed by atoms with Crippen molar-refractivity contribution in [3.05, 3.63) is 24.3 Å². The molecule has 0 aromatic heterocycles. The molecule has 2 heterocycles. The van der Waals surface area contributed by atoms with Crippen molar-refractivity contribution in [2.24, 2.45) is 4.99 Å². The lowest BCUT2D eigenvalue weighted by molar-refractivity contribution is -0.129. The summed E-state index contributed by atoms with van der Waals surface area (Å²) in [6.45, 7) is 0.598. The van der Waals surface area contributed by atoms with Gasteiger partial charge in [0.25, 0.3) is 10.0 Å². The Labute approximate surface area is 138 Å². The second-order valence-electron chi connectivity index (χ2n) is 5.11. The summed E-state index contributed by atoms with van der Waals surface area (Å²) in [5, 5.41) is 0.385. The molecule has 1 aromatic carbocycles. The molecule has 0 unspecified atom stereocenters. The molecular weight excluding hydrogens is 338 g/mol. The molecule has 1 aromatic rings. The van der Waals surface area contributed by atoms with Crippen LogP contribution in [0.2, 0.25) is 0 Å². The zero-order chi connectivity index (χ0) is 16.4. The summed E-state index contributed by atoms with van der Waals surface area (Å²) in [4.78, 5) is 29.0. The molecule has 1 saturated heterocycles. The molecule has 7 nitrogen and oxygen atoms in total. The Kier molecular flexibility index (Phi) is 4.40. The Morgan fingerprint density at radius 1 is 1.09 bits per heavy atom. The number of imide groups is 1. The lowest BCUT2D eigenvalue weighted by atomic mass is 10.1. The number of benzene rings is 1. The second-order valence-corrected chi connectivity index (χ2v) is 7.88. The van der Waals surface area contributed by atoms with Gasteiger partial charge in [-0.25, -0.2) is 8.42 Å². The van der Waals surface area contributed by atoms with Crippen LogP contribution in [0.3, 0.4) is 0 Å². The van der Waals surface area contributed by atoms with Gasteiger partial charge in [0.05, 0.1) is 17.1 Å². The first kappa shape index (κ1) is 16.0. The summed E-state index contributed by atoms with van der Waals surface area (Å²) in [6.07, 6.45) is 1.21. The predicted octanol–water partition coefficient (Wildman–Crippen LogP) is 1.11. The summed E-state index contributed by atoms with van der Waals surface area (Å²) < 4.78 is 26.9. The van der Waals surface area contributed by atoms with Gasteiger partial charge in [-0.15, -0.1) is 0 Å². The van der Waals surface area contributed by atoms with Crippen molar-refractivity contribution >= 4 is 44.5 Å². The van der Waals surface area contributed by atoms with Crippen molar-refractivity contribution in [1.29, 1.82) is 0 Å². The van der Waals surface area contributed by atoms with Crippen LogP contribution in [0.5, 0.6) is 0 Å². The molecular formula is C14H15N3O4S2. The molecule has 122 valence electrons. The van der Waals surface area contributed by atoms with Gasteiger partial charge < -0.3 is 0 Å². The van der Waals surface area contributed by atoms with E-state index in [9.17, 15) is 18.0 Å². The van der Waals surface area contributed by atoms with Crippen LogP contribution in [-0.4, -0.2) is 37.7 Å². The Bertz CT molecular complexity index is 756. The Hall–Kier alpha value is -1.87. The molecule has 3 rings (SSSR count). The smallest absolute Gasteiger partial charge is 0.263 e. The van der Waals surface area contributed by atoms with Crippen molar-refractivity contribution < 1.29 is 18.0 Å². The van der Waals surface area contributed by atoms with Gasteiger partial charge >= 0.3 is 0 Å². The number of nitrogens with zero attached hydrogens (tertiary/aromatic N) is 2. The normalized spacial score (nSPS) is 19.0.